The molecule has 7 aliphatic heterocycles. The molecule has 0 saturated carbocycles. The molecule has 0 aliphatic carbocycles. The molecular formula is C78H94ClF2N21O16. The lowest BCUT2D eigenvalue weighted by Crippen LogP contribution is -2.47. The van der Waals surface area contributed by atoms with Crippen LogP contribution in [0.3, 0.4) is 0 Å². The van der Waals surface area contributed by atoms with Crippen LogP contribution in [0.5, 0.6) is 0 Å². The molecule has 628 valence electrons. The number of carbonyl (C=O) groups is 4. The number of hydrogen-bond donors (Lipinski definition) is 9. The number of halogens is 3. The van der Waals surface area contributed by atoms with Crippen LogP contribution in [0, 0.1) is 34.3 Å². The van der Waals surface area contributed by atoms with Gasteiger partial charge in [-0.1, -0.05) is 23.7 Å². The van der Waals surface area contributed by atoms with Gasteiger partial charge in [0.05, 0.1) is 246 Å². The first-order chi connectivity index (χ1) is 56.9. The number of amides is 4. The maximum absolute atomic E-state index is 15.0. The minimum atomic E-state index is -0.833. The molecule has 9 N–H and O–H groups in total. The van der Waals surface area contributed by atoms with Gasteiger partial charge in [0.1, 0.15) is 46.1 Å². The van der Waals surface area contributed by atoms with E-state index in [1.54, 1.807) is 78.6 Å². The number of benzene rings is 2. The van der Waals surface area contributed by atoms with Gasteiger partial charge in [-0.15, -0.1) is 0 Å². The first-order valence-corrected chi connectivity index (χ1v) is 38.3. The molecule has 7 aliphatic rings. The smallest absolute Gasteiger partial charge is 0.417 e. The van der Waals surface area contributed by atoms with Crippen LogP contribution in [-0.2, 0) is 46.2 Å². The summed E-state index contributed by atoms with van der Waals surface area (Å²) < 4.78 is 67.9. The molecule has 4 amide bonds. The van der Waals surface area contributed by atoms with Crippen LogP contribution in [0.15, 0.2) is 110 Å². The summed E-state index contributed by atoms with van der Waals surface area (Å²) in [6.07, 6.45) is 6.82. The maximum Gasteiger partial charge on any atom is 0.417 e. The SMILES string of the molecule is CC(C)(C)OC(=O)N1Cc2nc(-c3c(F)cccc3C#N)cc(-n3ccc(N4CCOC[C@@H]4CO)n3)c2C1=O.CC(C)(C)OC(=O)N1Cc2nc(-c3c(F)cccc3C#N)cc(Cl)c2C1=O.OC[C@@H]1COCCN1c1ccn[nH]1.OC[C@H]1COCCN1c1ccn[nH]1.OC[C@H]1COCCN1c1ccn[nH]1.OC[C@H]1COCCN1c1ccn[nH]1. The van der Waals surface area contributed by atoms with Crippen LogP contribution in [0.4, 0.5) is 47.5 Å². The third-order valence-electron chi connectivity index (χ3n) is 19.2. The highest BCUT2D eigenvalue weighted by atomic mass is 35.5. The molecule has 5 atom stereocenters. The van der Waals surface area contributed by atoms with Crippen molar-refractivity contribution in [2.24, 2.45) is 0 Å². The van der Waals surface area contributed by atoms with Gasteiger partial charge in [-0.25, -0.2) is 42.8 Å². The average Bonchev–Trinajstić information content (AvgIpc) is 1.59. The predicted octanol–water partition coefficient (Wildman–Crippen LogP) is 5.77. The lowest BCUT2D eigenvalue weighted by atomic mass is 10.0. The summed E-state index contributed by atoms with van der Waals surface area (Å²) in [4.78, 5) is 72.1. The molecule has 7 aromatic heterocycles. The highest BCUT2D eigenvalue weighted by Crippen LogP contribution is 2.38. The van der Waals surface area contributed by atoms with E-state index in [-0.39, 0.29) is 143 Å². The molecule has 9 aromatic rings. The summed E-state index contributed by atoms with van der Waals surface area (Å²) in [5, 5.41) is 96.8. The molecular weight excluding hydrogens is 1560 g/mol. The summed E-state index contributed by atoms with van der Waals surface area (Å²) in [5.74, 6) is 1.79. The summed E-state index contributed by atoms with van der Waals surface area (Å²) in [6.45, 7) is 19.7. The van der Waals surface area contributed by atoms with Crippen LogP contribution in [0.25, 0.3) is 28.2 Å². The standard InChI is InChI=1S/C27H27FN6O5.C19H15ClFN3O3.4C8H13N3O2/c1-27(2,3)39-26(37)33-13-20-24(25(33)36)21(11-19(30-20)23-16(12-29)5-4-6-18(23)28)34-8-7-22(31-34)32-9-10-38-15-17(32)14-35;1-19(2,3)27-18(26)24-9-14-16(17(24)25)11(20)7-13(23-14)15-10(8-22)5-4-6-12(15)21;4*12-5-7-6-13-4-3-11(7)8-1-2-9-10-8/h4-8,11,17,35H,9-10,13-15H2,1-3H3;4-7H,9H2,1-3H3;4*1-2,7,12H,3-6H2,(H,9,10)/t17-;;4*7-/m0.1000/s1. The molecule has 37 nitrogen and oxygen atoms in total. The number of rotatable bonds is 13. The normalized spacial score (nSPS) is 19.1. The Morgan fingerprint density at radius 3 is 1.18 bits per heavy atom. The fourth-order valence-corrected chi connectivity index (χ4v) is 13.8. The largest absolute Gasteiger partial charge is 0.443 e. The predicted molar refractivity (Wildman–Crippen MR) is 423 cm³/mol. The van der Waals surface area contributed by atoms with Crippen molar-refractivity contribution in [1.82, 2.24) is 70.3 Å². The van der Waals surface area contributed by atoms with Crippen molar-refractivity contribution in [3.05, 3.63) is 160 Å². The molecule has 2 aromatic carbocycles. The number of aliphatic hydroxyl groups is 5. The third kappa shape index (κ3) is 21.4. The second-order valence-corrected chi connectivity index (χ2v) is 29.8. The Balaban J connectivity index is 0.000000149. The average molecular weight is 1660 g/mol. The Hall–Kier alpha value is -11.6. The van der Waals surface area contributed by atoms with Gasteiger partial charge in [0, 0.05) is 69.3 Å². The van der Waals surface area contributed by atoms with Crippen molar-refractivity contribution in [3.63, 3.8) is 0 Å². The van der Waals surface area contributed by atoms with E-state index in [4.69, 9.17) is 65.2 Å². The van der Waals surface area contributed by atoms with E-state index in [9.17, 15) is 43.6 Å². The van der Waals surface area contributed by atoms with Crippen LogP contribution in [0.2, 0.25) is 5.02 Å². The molecule has 16 rings (SSSR count). The van der Waals surface area contributed by atoms with E-state index in [0.717, 1.165) is 59.3 Å². The van der Waals surface area contributed by atoms with Crippen LogP contribution < -0.4 is 24.5 Å². The van der Waals surface area contributed by atoms with Crippen molar-refractivity contribution >= 4 is 64.7 Å². The third-order valence-corrected chi connectivity index (χ3v) is 19.4. The van der Waals surface area contributed by atoms with Crippen LogP contribution in [-0.4, -0.2) is 293 Å². The maximum atomic E-state index is 15.0. The van der Waals surface area contributed by atoms with Gasteiger partial charge in [0.15, 0.2) is 5.82 Å². The van der Waals surface area contributed by atoms with Gasteiger partial charge in [0.25, 0.3) is 11.8 Å². The van der Waals surface area contributed by atoms with Crippen molar-refractivity contribution in [2.75, 3.05) is 156 Å². The van der Waals surface area contributed by atoms with Gasteiger partial charge in [-0.05, 0) is 77.9 Å². The monoisotopic (exact) mass is 1650 g/mol. The molecule has 0 spiro atoms. The Morgan fingerprint density at radius 1 is 0.500 bits per heavy atom. The molecule has 5 fully saturated rings. The number of carbonyl (C=O) groups excluding carboxylic acids is 4. The number of pyridine rings is 2. The van der Waals surface area contributed by atoms with E-state index >= 15 is 0 Å². The first kappa shape index (κ1) is 87.2. The van der Waals surface area contributed by atoms with Gasteiger partial charge in [-0.2, -0.15) is 36.0 Å². The van der Waals surface area contributed by atoms with E-state index in [1.807, 2.05) is 41.3 Å². The molecule has 5 saturated heterocycles. The molecule has 40 heteroatoms. The zero-order chi connectivity index (χ0) is 84.2. The topological polar surface area (TPSA) is 463 Å². The van der Waals surface area contributed by atoms with Gasteiger partial charge < -0.3 is 83.2 Å². The van der Waals surface area contributed by atoms with E-state index in [2.05, 4.69) is 75.5 Å². The molecule has 14 heterocycles. The fourth-order valence-electron chi connectivity index (χ4n) is 13.5. The quantitative estimate of drug-likeness (QED) is 0.0661. The van der Waals surface area contributed by atoms with Crippen molar-refractivity contribution in [2.45, 2.75) is 96.0 Å². The number of H-pyrrole nitrogens is 4. The fraction of sp³-hybridized carbons (Fsp3) is 0.449. The van der Waals surface area contributed by atoms with Gasteiger partial charge in [-0.3, -0.25) is 30.0 Å². The van der Waals surface area contributed by atoms with Crippen molar-refractivity contribution in [1.29, 1.82) is 10.5 Å². The summed E-state index contributed by atoms with van der Waals surface area (Å²) in [7, 11) is 0. The second kappa shape index (κ2) is 40.5. The molecule has 0 bridgehead atoms. The van der Waals surface area contributed by atoms with E-state index < -0.39 is 46.8 Å². The minimum Gasteiger partial charge on any atom is -0.443 e. The van der Waals surface area contributed by atoms with Crippen LogP contribution >= 0.6 is 11.6 Å². The lowest BCUT2D eigenvalue weighted by Gasteiger charge is -2.34. The number of aromatic amines is 4. The Morgan fingerprint density at radius 2 is 0.839 bits per heavy atom. The first-order valence-electron chi connectivity index (χ1n) is 37.9. The number of hydrogen-bond acceptors (Lipinski definition) is 30. The number of nitrogens with one attached hydrogen (secondary N) is 4. The Kier molecular flexibility index (Phi) is 29.9. The Bertz CT molecular complexity index is 4670. The summed E-state index contributed by atoms with van der Waals surface area (Å²) in [6, 6.07) is 24.1. The highest BCUT2D eigenvalue weighted by molar-refractivity contribution is 6.35. The lowest BCUT2D eigenvalue weighted by molar-refractivity contribution is 0.0230. The Labute approximate surface area is 682 Å². The number of aromatic nitrogens is 12. The zero-order valence-electron chi connectivity index (χ0n) is 65.8. The number of nitriles is 2. The molecule has 0 unspecified atom stereocenters. The number of fused-ring (bicyclic) bond motifs is 2. The summed E-state index contributed by atoms with van der Waals surface area (Å²) in [5.41, 5.74) is -0.336. The highest BCUT2D eigenvalue weighted by Gasteiger charge is 2.42. The molecule has 118 heavy (non-hydrogen) atoms. The van der Waals surface area contributed by atoms with Gasteiger partial charge >= 0.3 is 12.2 Å². The van der Waals surface area contributed by atoms with E-state index in [0.29, 0.717) is 78.4 Å². The zero-order valence-corrected chi connectivity index (χ0v) is 66.6. The number of ether oxygens (including phenoxy) is 7. The number of imide groups is 2. The minimum absolute atomic E-state index is 0.00660. The molecule has 0 radical (unpaired) electrons. The second-order valence-electron chi connectivity index (χ2n) is 29.4. The number of aliphatic hydroxyl groups excluding tert-OH is 5. The summed E-state index contributed by atoms with van der Waals surface area (Å²) >= 11 is 6.23. The van der Waals surface area contributed by atoms with Crippen LogP contribution in [0.1, 0.15) is 84.8 Å². The number of morpholine rings is 5. The van der Waals surface area contributed by atoms with Crippen molar-refractivity contribution in [3.8, 4) is 40.3 Å². The number of anilines is 5. The van der Waals surface area contributed by atoms with Crippen molar-refractivity contribution < 1.29 is 86.6 Å². The van der Waals surface area contributed by atoms with E-state index in [1.165, 1.54) is 53.2 Å². The number of nitrogens with zero attached hydrogens (tertiary/aromatic N) is 17. The van der Waals surface area contributed by atoms with Gasteiger partial charge in [0.2, 0.25) is 0 Å².